The molecule has 0 bridgehead atoms. The Balaban J connectivity index is 1.50. The number of rotatable bonds is 6. The number of amides is 2. The number of nitrogens with one attached hydrogen (secondary N) is 2. The van der Waals surface area contributed by atoms with Crippen molar-refractivity contribution in [2.45, 2.75) is 13.3 Å². The fraction of sp³-hybridized carbons (Fsp3) is 0.105. The van der Waals surface area contributed by atoms with Crippen LogP contribution in [0.5, 0.6) is 5.75 Å². The lowest BCUT2D eigenvalue weighted by atomic mass is 10.1. The van der Waals surface area contributed by atoms with Crippen molar-refractivity contribution in [1.82, 2.24) is 15.6 Å². The van der Waals surface area contributed by atoms with Crippen LogP contribution in [0.15, 0.2) is 53.6 Å². The molecule has 3 aromatic rings. The molecule has 0 aliphatic heterocycles. The van der Waals surface area contributed by atoms with E-state index in [2.05, 4.69) is 26.0 Å². The number of aromatic nitrogens is 2. The molecule has 0 aliphatic rings. The van der Waals surface area contributed by atoms with Gasteiger partial charge in [0.1, 0.15) is 10.8 Å². The minimum Gasteiger partial charge on any atom is -0.508 e. The summed E-state index contributed by atoms with van der Waals surface area (Å²) >= 11 is 1.12. The molecule has 0 saturated heterocycles. The highest BCUT2D eigenvalue weighted by Gasteiger charge is 2.12. The van der Waals surface area contributed by atoms with Gasteiger partial charge in [-0.1, -0.05) is 29.0 Å². The van der Waals surface area contributed by atoms with Crippen molar-refractivity contribution in [3.63, 3.8) is 0 Å². The topological polar surface area (TPSA) is 117 Å². The number of hydrogen-bond acceptors (Lipinski definition) is 7. The Bertz CT molecular complexity index is 997. The van der Waals surface area contributed by atoms with E-state index in [-0.39, 0.29) is 24.0 Å². The Morgan fingerprint density at radius 2 is 1.82 bits per heavy atom. The van der Waals surface area contributed by atoms with Crippen molar-refractivity contribution < 1.29 is 14.7 Å². The lowest BCUT2D eigenvalue weighted by molar-refractivity contribution is -0.120. The molecule has 0 saturated carbocycles. The zero-order chi connectivity index (χ0) is 19.9. The number of phenolic OH excluding ortho intramolecular Hbond substituents is 1. The number of benzene rings is 2. The van der Waals surface area contributed by atoms with Crippen LogP contribution in [0, 0.1) is 6.92 Å². The Labute approximate surface area is 165 Å². The molecule has 0 fully saturated rings. The zero-order valence-electron chi connectivity index (χ0n) is 14.9. The van der Waals surface area contributed by atoms with Crippen molar-refractivity contribution in [2.75, 3.05) is 5.32 Å². The van der Waals surface area contributed by atoms with E-state index in [1.807, 2.05) is 19.1 Å². The van der Waals surface area contributed by atoms with Gasteiger partial charge >= 0.3 is 0 Å². The van der Waals surface area contributed by atoms with Gasteiger partial charge in [-0.05, 0) is 48.9 Å². The van der Waals surface area contributed by atoms with Gasteiger partial charge in [-0.2, -0.15) is 5.10 Å². The van der Waals surface area contributed by atoms with Crippen LogP contribution < -0.4 is 10.7 Å². The van der Waals surface area contributed by atoms with Gasteiger partial charge in [0.2, 0.25) is 11.0 Å². The third-order valence-corrected chi connectivity index (χ3v) is 4.45. The van der Waals surface area contributed by atoms with Crippen LogP contribution >= 0.6 is 11.3 Å². The van der Waals surface area contributed by atoms with E-state index >= 15 is 0 Å². The highest BCUT2D eigenvalue weighted by atomic mass is 32.1. The second-order valence-electron chi connectivity index (χ2n) is 5.88. The Morgan fingerprint density at radius 1 is 1.11 bits per heavy atom. The van der Waals surface area contributed by atoms with Crippen molar-refractivity contribution in [1.29, 1.82) is 0 Å². The van der Waals surface area contributed by atoms with E-state index in [1.54, 1.807) is 24.3 Å². The van der Waals surface area contributed by atoms with Crippen LogP contribution in [-0.4, -0.2) is 33.3 Å². The SMILES string of the molecule is Cc1ccc(C(=O)Nc2nnc(CC(=O)N/N=C/c3ccc(O)cc3)s2)cc1. The van der Waals surface area contributed by atoms with E-state index in [0.717, 1.165) is 22.5 Å². The van der Waals surface area contributed by atoms with Crippen molar-refractivity contribution in [2.24, 2.45) is 5.10 Å². The molecule has 142 valence electrons. The number of aromatic hydroxyl groups is 1. The molecule has 0 spiro atoms. The van der Waals surface area contributed by atoms with Gasteiger partial charge in [0.15, 0.2) is 0 Å². The number of hydrogen-bond donors (Lipinski definition) is 3. The molecular formula is C19H17N5O3S. The molecular weight excluding hydrogens is 378 g/mol. The molecule has 2 aromatic carbocycles. The predicted octanol–water partition coefficient (Wildman–Crippen LogP) is 2.50. The highest BCUT2D eigenvalue weighted by molar-refractivity contribution is 7.15. The molecule has 2 amide bonds. The number of nitrogens with zero attached hydrogens (tertiary/aromatic N) is 3. The monoisotopic (exact) mass is 395 g/mol. The summed E-state index contributed by atoms with van der Waals surface area (Å²) in [6.45, 7) is 1.94. The maximum Gasteiger partial charge on any atom is 0.257 e. The number of phenols is 1. The normalized spacial score (nSPS) is 10.8. The predicted molar refractivity (Wildman–Crippen MR) is 107 cm³/mol. The maximum atomic E-state index is 12.2. The summed E-state index contributed by atoms with van der Waals surface area (Å²) in [6, 6.07) is 13.5. The first-order valence-electron chi connectivity index (χ1n) is 8.31. The molecule has 1 aromatic heterocycles. The van der Waals surface area contributed by atoms with E-state index in [9.17, 15) is 14.7 Å². The minimum absolute atomic E-state index is 0.00894. The molecule has 9 heteroatoms. The molecule has 0 radical (unpaired) electrons. The van der Waals surface area contributed by atoms with Crippen LogP contribution in [-0.2, 0) is 11.2 Å². The second kappa shape index (κ2) is 8.87. The first kappa shape index (κ1) is 19.2. The van der Waals surface area contributed by atoms with E-state index in [1.165, 1.54) is 18.3 Å². The average molecular weight is 395 g/mol. The summed E-state index contributed by atoms with van der Waals surface area (Å²) < 4.78 is 0. The third kappa shape index (κ3) is 5.45. The van der Waals surface area contributed by atoms with Crippen LogP contribution in [0.3, 0.4) is 0 Å². The van der Waals surface area contributed by atoms with Gasteiger partial charge in [-0.25, -0.2) is 5.43 Å². The van der Waals surface area contributed by atoms with Crippen LogP contribution in [0.1, 0.15) is 26.5 Å². The summed E-state index contributed by atoms with van der Waals surface area (Å²) in [5.41, 5.74) is 4.71. The number of aryl methyl sites for hydroxylation is 1. The van der Waals surface area contributed by atoms with Gasteiger partial charge in [-0.3, -0.25) is 14.9 Å². The van der Waals surface area contributed by atoms with Crippen LogP contribution in [0.25, 0.3) is 0 Å². The Hall–Kier alpha value is -3.59. The summed E-state index contributed by atoms with van der Waals surface area (Å²) in [4.78, 5) is 24.1. The molecule has 0 unspecified atom stereocenters. The van der Waals surface area contributed by atoms with E-state index in [0.29, 0.717) is 15.7 Å². The summed E-state index contributed by atoms with van der Waals surface area (Å²) in [5.74, 6) is -0.490. The smallest absolute Gasteiger partial charge is 0.257 e. The quantitative estimate of drug-likeness (QED) is 0.438. The summed E-state index contributed by atoms with van der Waals surface area (Å²) in [7, 11) is 0. The van der Waals surface area contributed by atoms with Gasteiger partial charge in [0.25, 0.3) is 5.91 Å². The standard InChI is InChI=1S/C19H17N5O3S/c1-12-2-6-14(7-3-12)18(27)21-19-24-23-17(28-19)10-16(26)22-20-11-13-4-8-15(25)9-5-13/h2-9,11,25H,10H2,1H3,(H,22,26)(H,21,24,27)/b20-11+. The summed E-state index contributed by atoms with van der Waals surface area (Å²) in [5, 5.41) is 24.3. The van der Waals surface area contributed by atoms with Crippen molar-refractivity contribution in [3.8, 4) is 5.75 Å². The van der Waals surface area contributed by atoms with Gasteiger partial charge in [0, 0.05) is 5.56 Å². The molecule has 28 heavy (non-hydrogen) atoms. The van der Waals surface area contributed by atoms with Gasteiger partial charge < -0.3 is 5.11 Å². The van der Waals surface area contributed by atoms with E-state index in [4.69, 9.17) is 0 Å². The molecule has 1 heterocycles. The Kier molecular flexibility index (Phi) is 6.07. The highest BCUT2D eigenvalue weighted by Crippen LogP contribution is 2.17. The fourth-order valence-electron chi connectivity index (χ4n) is 2.17. The fourth-order valence-corrected chi connectivity index (χ4v) is 2.90. The number of anilines is 1. The number of carbonyl (C=O) groups is 2. The van der Waals surface area contributed by atoms with Crippen LogP contribution in [0.2, 0.25) is 0 Å². The van der Waals surface area contributed by atoms with Crippen LogP contribution in [0.4, 0.5) is 5.13 Å². The average Bonchev–Trinajstić information content (AvgIpc) is 3.10. The zero-order valence-corrected chi connectivity index (χ0v) is 15.7. The lowest BCUT2D eigenvalue weighted by Gasteiger charge is -2.01. The third-order valence-electron chi connectivity index (χ3n) is 3.61. The van der Waals surface area contributed by atoms with Gasteiger partial charge in [0.05, 0.1) is 12.6 Å². The van der Waals surface area contributed by atoms with Crippen molar-refractivity contribution >= 4 is 34.5 Å². The maximum absolute atomic E-state index is 12.2. The molecule has 8 nitrogen and oxygen atoms in total. The minimum atomic E-state index is -0.359. The first-order chi connectivity index (χ1) is 13.5. The number of hydrazone groups is 1. The van der Waals surface area contributed by atoms with E-state index < -0.39 is 0 Å². The first-order valence-corrected chi connectivity index (χ1v) is 9.12. The Morgan fingerprint density at radius 3 is 2.54 bits per heavy atom. The largest absolute Gasteiger partial charge is 0.508 e. The molecule has 3 rings (SSSR count). The van der Waals surface area contributed by atoms with Crippen molar-refractivity contribution in [3.05, 3.63) is 70.2 Å². The number of carbonyl (C=O) groups excluding carboxylic acids is 2. The summed E-state index contributed by atoms with van der Waals surface area (Å²) in [6.07, 6.45) is 1.45. The molecule has 0 atom stereocenters. The van der Waals surface area contributed by atoms with Gasteiger partial charge in [-0.15, -0.1) is 10.2 Å². The lowest BCUT2D eigenvalue weighted by Crippen LogP contribution is -2.19. The molecule has 0 aliphatic carbocycles. The second-order valence-corrected chi connectivity index (χ2v) is 6.94. The molecule has 3 N–H and O–H groups in total.